The minimum absolute atomic E-state index is 0.339. The smallest absolute Gasteiger partial charge is 0.127 e. The van der Waals surface area contributed by atoms with Crippen LogP contribution < -0.4 is 4.74 Å². The van der Waals surface area contributed by atoms with Crippen molar-refractivity contribution in [3.05, 3.63) is 29.3 Å². The molecule has 2 nitrogen and oxygen atoms in total. The lowest BCUT2D eigenvalue weighted by Crippen LogP contribution is -2.14. The molecule has 1 atom stereocenters. The minimum atomic E-state index is -0.339. The molecule has 0 spiro atoms. The Morgan fingerprint density at radius 2 is 2.33 bits per heavy atom. The lowest BCUT2D eigenvalue weighted by Gasteiger charge is -2.23. The molecule has 2 rings (SSSR count). The molecule has 0 fully saturated rings. The van der Waals surface area contributed by atoms with Gasteiger partial charge in [-0.1, -0.05) is 18.2 Å². The fourth-order valence-corrected chi connectivity index (χ4v) is 1.56. The number of aryl methyl sites for hydroxylation is 1. The molecule has 0 bridgehead atoms. The maximum atomic E-state index is 9.61. The second-order valence-electron chi connectivity index (χ2n) is 3.15. The topological polar surface area (TPSA) is 29.5 Å². The largest absolute Gasteiger partial charge is 0.493 e. The molecular weight excluding hydrogens is 152 g/mol. The Balaban J connectivity index is 2.52. The van der Waals surface area contributed by atoms with Gasteiger partial charge in [-0.15, -0.1) is 0 Å². The number of hydrogen-bond acceptors (Lipinski definition) is 2. The Bertz CT molecular complexity index is 294. The second kappa shape index (κ2) is 2.79. The molecule has 0 saturated carbocycles. The first-order valence-electron chi connectivity index (χ1n) is 4.19. The summed E-state index contributed by atoms with van der Waals surface area (Å²) < 4.78 is 5.46. The van der Waals surface area contributed by atoms with Crippen molar-refractivity contribution in [1.82, 2.24) is 0 Å². The molecule has 1 unspecified atom stereocenters. The number of fused-ring (bicyclic) bond motifs is 1. The highest BCUT2D eigenvalue weighted by atomic mass is 16.5. The molecule has 1 heterocycles. The summed E-state index contributed by atoms with van der Waals surface area (Å²) >= 11 is 0. The van der Waals surface area contributed by atoms with E-state index in [2.05, 4.69) is 0 Å². The van der Waals surface area contributed by atoms with E-state index in [4.69, 9.17) is 4.74 Å². The molecular formula is C10H12O2. The summed E-state index contributed by atoms with van der Waals surface area (Å²) in [6, 6.07) is 5.87. The van der Waals surface area contributed by atoms with Crippen LogP contribution in [0.15, 0.2) is 18.2 Å². The first kappa shape index (κ1) is 7.62. The van der Waals surface area contributed by atoms with Gasteiger partial charge in [0.05, 0.1) is 12.7 Å². The Kier molecular flexibility index (Phi) is 1.77. The average Bonchev–Trinajstić information content (AvgIpc) is 2.07. The molecule has 2 heteroatoms. The molecule has 1 aliphatic rings. The third-order valence-electron chi connectivity index (χ3n) is 2.24. The molecule has 0 aromatic heterocycles. The van der Waals surface area contributed by atoms with Gasteiger partial charge in [0.1, 0.15) is 5.75 Å². The Hall–Kier alpha value is -1.02. The number of ether oxygens (including phenoxy) is 1. The van der Waals surface area contributed by atoms with Gasteiger partial charge in [-0.3, -0.25) is 0 Å². The highest BCUT2D eigenvalue weighted by molar-refractivity contribution is 5.43. The summed E-state index contributed by atoms with van der Waals surface area (Å²) in [4.78, 5) is 0. The van der Waals surface area contributed by atoms with Gasteiger partial charge >= 0.3 is 0 Å². The molecule has 0 aliphatic carbocycles. The van der Waals surface area contributed by atoms with Crippen LogP contribution in [0.25, 0.3) is 0 Å². The monoisotopic (exact) mass is 164 g/mol. The standard InChI is InChI=1S/C10H12O2/c1-7-3-2-4-8-9(11)5-6-12-10(7)8/h2-4,9,11H,5-6H2,1H3. The van der Waals surface area contributed by atoms with Crippen LogP contribution in [-0.2, 0) is 0 Å². The maximum Gasteiger partial charge on any atom is 0.127 e. The van der Waals surface area contributed by atoms with E-state index in [1.807, 2.05) is 25.1 Å². The van der Waals surface area contributed by atoms with Crippen molar-refractivity contribution in [2.45, 2.75) is 19.4 Å². The van der Waals surface area contributed by atoms with Gasteiger partial charge in [-0.05, 0) is 12.5 Å². The van der Waals surface area contributed by atoms with E-state index < -0.39 is 0 Å². The lowest BCUT2D eigenvalue weighted by atomic mass is 10.0. The first-order chi connectivity index (χ1) is 5.79. The zero-order valence-electron chi connectivity index (χ0n) is 7.08. The molecule has 1 aromatic carbocycles. The molecule has 1 aliphatic heterocycles. The Morgan fingerprint density at radius 3 is 3.08 bits per heavy atom. The zero-order valence-corrected chi connectivity index (χ0v) is 7.08. The van der Waals surface area contributed by atoms with Crippen molar-refractivity contribution in [1.29, 1.82) is 0 Å². The van der Waals surface area contributed by atoms with Gasteiger partial charge < -0.3 is 9.84 Å². The summed E-state index contributed by atoms with van der Waals surface area (Å²) in [7, 11) is 0. The van der Waals surface area contributed by atoms with Gasteiger partial charge in [0.15, 0.2) is 0 Å². The molecule has 0 radical (unpaired) electrons. The van der Waals surface area contributed by atoms with Crippen LogP contribution in [0.5, 0.6) is 5.75 Å². The Labute approximate surface area is 71.8 Å². The number of hydrogen-bond donors (Lipinski definition) is 1. The zero-order chi connectivity index (χ0) is 8.55. The number of rotatable bonds is 0. The third kappa shape index (κ3) is 1.08. The van der Waals surface area contributed by atoms with Gasteiger partial charge in [-0.2, -0.15) is 0 Å². The number of para-hydroxylation sites is 1. The van der Waals surface area contributed by atoms with Crippen molar-refractivity contribution < 1.29 is 9.84 Å². The fourth-order valence-electron chi connectivity index (χ4n) is 1.56. The molecule has 1 aromatic rings. The molecule has 0 saturated heterocycles. The predicted octanol–water partition coefficient (Wildman–Crippen LogP) is 1.81. The van der Waals surface area contributed by atoms with Crippen molar-refractivity contribution in [2.24, 2.45) is 0 Å². The highest BCUT2D eigenvalue weighted by Crippen LogP contribution is 2.33. The van der Waals surface area contributed by atoms with Crippen LogP contribution in [0.3, 0.4) is 0 Å². The van der Waals surface area contributed by atoms with Crippen molar-refractivity contribution in [3.63, 3.8) is 0 Å². The van der Waals surface area contributed by atoms with Gasteiger partial charge in [0.25, 0.3) is 0 Å². The summed E-state index contributed by atoms with van der Waals surface area (Å²) in [5.74, 6) is 0.872. The van der Waals surface area contributed by atoms with Gasteiger partial charge in [-0.25, -0.2) is 0 Å². The quantitative estimate of drug-likeness (QED) is 0.633. The van der Waals surface area contributed by atoms with E-state index in [0.29, 0.717) is 13.0 Å². The Morgan fingerprint density at radius 1 is 1.50 bits per heavy atom. The average molecular weight is 164 g/mol. The molecule has 1 N–H and O–H groups in total. The summed E-state index contributed by atoms with van der Waals surface area (Å²) in [6.07, 6.45) is 0.366. The number of benzene rings is 1. The molecule has 12 heavy (non-hydrogen) atoms. The predicted molar refractivity (Wildman–Crippen MR) is 46.3 cm³/mol. The van der Waals surface area contributed by atoms with Gasteiger partial charge in [0.2, 0.25) is 0 Å². The first-order valence-corrected chi connectivity index (χ1v) is 4.19. The normalized spacial score (nSPS) is 21.3. The van der Waals surface area contributed by atoms with E-state index in [9.17, 15) is 5.11 Å². The van der Waals surface area contributed by atoms with Crippen LogP contribution in [0.4, 0.5) is 0 Å². The summed E-state index contributed by atoms with van der Waals surface area (Å²) in [5, 5.41) is 9.61. The SMILES string of the molecule is Cc1cccc2c1OCCC2O. The van der Waals surface area contributed by atoms with Crippen LogP contribution >= 0.6 is 0 Å². The van der Waals surface area contributed by atoms with E-state index >= 15 is 0 Å². The van der Waals surface area contributed by atoms with E-state index in [0.717, 1.165) is 16.9 Å². The summed E-state index contributed by atoms with van der Waals surface area (Å²) in [5.41, 5.74) is 2.03. The fraction of sp³-hybridized carbons (Fsp3) is 0.400. The van der Waals surface area contributed by atoms with E-state index in [1.54, 1.807) is 0 Å². The maximum absolute atomic E-state index is 9.61. The minimum Gasteiger partial charge on any atom is -0.493 e. The van der Waals surface area contributed by atoms with Crippen LogP contribution in [0.2, 0.25) is 0 Å². The number of aliphatic hydroxyl groups is 1. The van der Waals surface area contributed by atoms with Crippen molar-refractivity contribution in [3.8, 4) is 5.75 Å². The van der Waals surface area contributed by atoms with E-state index in [1.165, 1.54) is 0 Å². The van der Waals surface area contributed by atoms with Crippen molar-refractivity contribution >= 4 is 0 Å². The summed E-state index contributed by atoms with van der Waals surface area (Å²) in [6.45, 7) is 2.62. The second-order valence-corrected chi connectivity index (χ2v) is 3.15. The van der Waals surface area contributed by atoms with E-state index in [-0.39, 0.29) is 6.10 Å². The van der Waals surface area contributed by atoms with Crippen LogP contribution in [0, 0.1) is 6.92 Å². The molecule has 0 amide bonds. The van der Waals surface area contributed by atoms with Crippen molar-refractivity contribution in [2.75, 3.05) is 6.61 Å². The van der Waals surface area contributed by atoms with Crippen LogP contribution in [-0.4, -0.2) is 11.7 Å². The van der Waals surface area contributed by atoms with Gasteiger partial charge in [0, 0.05) is 12.0 Å². The molecule has 64 valence electrons. The third-order valence-corrected chi connectivity index (χ3v) is 2.24. The highest BCUT2D eigenvalue weighted by Gasteiger charge is 2.19. The van der Waals surface area contributed by atoms with Crippen LogP contribution in [0.1, 0.15) is 23.7 Å². The number of aliphatic hydroxyl groups excluding tert-OH is 1. The lowest BCUT2D eigenvalue weighted by molar-refractivity contribution is 0.115.